The standard InChI is InChI=1S/C4H4BrNO2.C4H5NO2/c5-6-3(7)1-2-4(6)8;6-3-1-2-4(7)5-3/h1-2H2;1-2H2,(H,5,6,7). The first-order valence-electron chi connectivity index (χ1n) is 4.35. The second-order valence-corrected chi connectivity index (χ2v) is 3.75. The lowest BCUT2D eigenvalue weighted by Gasteiger charge is -1.97. The molecular weight excluding hydrogens is 268 g/mol. The lowest BCUT2D eigenvalue weighted by atomic mass is 10.4. The summed E-state index contributed by atoms with van der Waals surface area (Å²) in [5.41, 5.74) is 0. The Hall–Kier alpha value is -1.24. The molecule has 1 N–H and O–H groups in total. The van der Waals surface area contributed by atoms with Gasteiger partial charge in [0.05, 0.1) is 16.1 Å². The summed E-state index contributed by atoms with van der Waals surface area (Å²) in [6, 6.07) is 0. The van der Waals surface area contributed by atoms with E-state index in [1.807, 2.05) is 0 Å². The molecule has 0 atom stereocenters. The Balaban J connectivity index is 0.000000151. The van der Waals surface area contributed by atoms with E-state index in [0.29, 0.717) is 25.7 Å². The molecule has 82 valence electrons. The van der Waals surface area contributed by atoms with E-state index in [9.17, 15) is 19.2 Å². The van der Waals surface area contributed by atoms with E-state index in [2.05, 4.69) is 21.5 Å². The zero-order valence-corrected chi connectivity index (χ0v) is 9.37. The summed E-state index contributed by atoms with van der Waals surface area (Å²) in [6.45, 7) is 0. The fourth-order valence-electron chi connectivity index (χ4n) is 1.06. The van der Waals surface area contributed by atoms with Crippen LogP contribution in [0.5, 0.6) is 0 Å². The molecule has 0 spiro atoms. The number of halogens is 1. The Morgan fingerprint density at radius 2 is 1.27 bits per heavy atom. The zero-order valence-electron chi connectivity index (χ0n) is 7.79. The number of imide groups is 2. The van der Waals surface area contributed by atoms with Crippen molar-refractivity contribution in [3.8, 4) is 0 Å². The van der Waals surface area contributed by atoms with Crippen molar-refractivity contribution in [2.45, 2.75) is 25.7 Å². The van der Waals surface area contributed by atoms with Crippen LogP contribution in [0.15, 0.2) is 0 Å². The fourth-order valence-corrected chi connectivity index (χ4v) is 1.41. The largest absolute Gasteiger partial charge is 0.296 e. The molecule has 2 rings (SSSR count). The van der Waals surface area contributed by atoms with Gasteiger partial charge in [-0.2, -0.15) is 0 Å². The van der Waals surface area contributed by atoms with Gasteiger partial charge in [0.15, 0.2) is 0 Å². The quantitative estimate of drug-likeness (QED) is 0.493. The van der Waals surface area contributed by atoms with E-state index in [4.69, 9.17) is 0 Å². The highest BCUT2D eigenvalue weighted by molar-refractivity contribution is 9.08. The van der Waals surface area contributed by atoms with Crippen molar-refractivity contribution < 1.29 is 19.2 Å². The lowest BCUT2D eigenvalue weighted by Crippen LogP contribution is -2.18. The third-order valence-electron chi connectivity index (χ3n) is 1.85. The van der Waals surface area contributed by atoms with Gasteiger partial charge in [0.1, 0.15) is 0 Å². The van der Waals surface area contributed by atoms with E-state index >= 15 is 0 Å². The SMILES string of the molecule is O=C1CCC(=O)N1.O=C1CCC(=O)N1Br. The predicted octanol–water partition coefficient (Wildman–Crippen LogP) is -0.132. The Kier molecular flexibility index (Phi) is 3.96. The molecular formula is C8H9BrN2O4. The number of carbonyl (C=O) groups is 4. The molecule has 15 heavy (non-hydrogen) atoms. The summed E-state index contributed by atoms with van der Waals surface area (Å²) in [4.78, 5) is 41.1. The Bertz CT molecular complexity index is 299. The number of amides is 4. The molecule has 2 fully saturated rings. The minimum absolute atomic E-state index is 0.144. The predicted molar refractivity (Wildman–Crippen MR) is 52.4 cm³/mol. The second kappa shape index (κ2) is 5.01. The molecule has 6 nitrogen and oxygen atoms in total. The summed E-state index contributed by atoms with van der Waals surface area (Å²) >= 11 is 2.80. The van der Waals surface area contributed by atoms with Crippen molar-refractivity contribution in [1.82, 2.24) is 9.24 Å². The van der Waals surface area contributed by atoms with E-state index < -0.39 is 0 Å². The highest BCUT2D eigenvalue weighted by Gasteiger charge is 2.26. The van der Waals surface area contributed by atoms with Crippen LogP contribution in [0.4, 0.5) is 0 Å². The molecule has 0 aromatic carbocycles. The number of hydrogen-bond acceptors (Lipinski definition) is 4. The number of nitrogens with one attached hydrogen (secondary N) is 1. The molecule has 2 saturated heterocycles. The smallest absolute Gasteiger partial charge is 0.239 e. The monoisotopic (exact) mass is 276 g/mol. The van der Waals surface area contributed by atoms with Gasteiger partial charge in [0.25, 0.3) is 0 Å². The second-order valence-electron chi connectivity index (χ2n) is 3.04. The third kappa shape index (κ3) is 3.43. The first kappa shape index (κ1) is 11.8. The first-order valence-corrected chi connectivity index (χ1v) is 5.06. The van der Waals surface area contributed by atoms with Crippen molar-refractivity contribution in [3.05, 3.63) is 0 Å². The van der Waals surface area contributed by atoms with Gasteiger partial charge in [0.2, 0.25) is 23.6 Å². The number of hydrogen-bond donors (Lipinski definition) is 1. The highest BCUT2D eigenvalue weighted by atomic mass is 79.9. The normalized spacial score (nSPS) is 20.2. The molecule has 7 heteroatoms. The molecule has 0 unspecified atom stereocenters. The fraction of sp³-hybridized carbons (Fsp3) is 0.500. The average molecular weight is 277 g/mol. The van der Waals surface area contributed by atoms with Crippen LogP contribution in [-0.2, 0) is 19.2 Å². The van der Waals surface area contributed by atoms with Gasteiger partial charge in [-0.1, -0.05) is 0 Å². The van der Waals surface area contributed by atoms with E-state index in [1.54, 1.807) is 0 Å². The molecule has 4 amide bonds. The molecule has 0 aromatic rings. The molecule has 2 heterocycles. The van der Waals surface area contributed by atoms with Crippen LogP contribution < -0.4 is 5.32 Å². The van der Waals surface area contributed by atoms with Gasteiger partial charge in [0, 0.05) is 25.7 Å². The summed E-state index contributed by atoms with van der Waals surface area (Å²) < 4.78 is 0.979. The van der Waals surface area contributed by atoms with Crippen molar-refractivity contribution in [3.63, 3.8) is 0 Å². The van der Waals surface area contributed by atoms with Crippen molar-refractivity contribution >= 4 is 39.8 Å². The van der Waals surface area contributed by atoms with E-state index in [0.717, 1.165) is 3.93 Å². The maximum atomic E-state index is 10.4. The number of nitrogens with zero attached hydrogens (tertiary/aromatic N) is 1. The zero-order chi connectivity index (χ0) is 11.4. The minimum atomic E-state index is -0.148. The molecule has 0 aliphatic carbocycles. The topological polar surface area (TPSA) is 83.5 Å². The summed E-state index contributed by atoms with van der Waals surface area (Å²) in [7, 11) is 0. The van der Waals surface area contributed by atoms with E-state index in [1.165, 1.54) is 0 Å². The average Bonchev–Trinajstić information content (AvgIpc) is 2.68. The van der Waals surface area contributed by atoms with Crippen LogP contribution in [0.1, 0.15) is 25.7 Å². The van der Waals surface area contributed by atoms with Crippen LogP contribution in [0.25, 0.3) is 0 Å². The van der Waals surface area contributed by atoms with Crippen molar-refractivity contribution in [2.75, 3.05) is 0 Å². The maximum Gasteiger partial charge on any atom is 0.239 e. The molecule has 0 radical (unpaired) electrons. The van der Waals surface area contributed by atoms with Crippen LogP contribution >= 0.6 is 16.1 Å². The van der Waals surface area contributed by atoms with Gasteiger partial charge < -0.3 is 0 Å². The summed E-state index contributed by atoms with van der Waals surface area (Å²) in [5, 5.41) is 2.14. The van der Waals surface area contributed by atoms with Crippen LogP contribution in [0.2, 0.25) is 0 Å². The van der Waals surface area contributed by atoms with Gasteiger partial charge in [-0.25, -0.2) is 3.93 Å². The molecule has 0 bridgehead atoms. The van der Waals surface area contributed by atoms with Crippen molar-refractivity contribution in [1.29, 1.82) is 0 Å². The highest BCUT2D eigenvalue weighted by Crippen LogP contribution is 2.14. The van der Waals surface area contributed by atoms with Gasteiger partial charge in [-0.3, -0.25) is 24.5 Å². The number of carbonyl (C=O) groups excluding carboxylic acids is 4. The number of rotatable bonds is 0. The van der Waals surface area contributed by atoms with Crippen LogP contribution in [0, 0.1) is 0 Å². The van der Waals surface area contributed by atoms with Gasteiger partial charge >= 0.3 is 0 Å². The maximum absolute atomic E-state index is 10.4. The van der Waals surface area contributed by atoms with E-state index in [-0.39, 0.29) is 23.6 Å². The van der Waals surface area contributed by atoms with Gasteiger partial charge in [-0.05, 0) is 0 Å². The van der Waals surface area contributed by atoms with Crippen molar-refractivity contribution in [2.24, 2.45) is 0 Å². The first-order chi connectivity index (χ1) is 7.00. The summed E-state index contributed by atoms with van der Waals surface area (Å²) in [5.74, 6) is -0.583. The Morgan fingerprint density at radius 1 is 0.867 bits per heavy atom. The minimum Gasteiger partial charge on any atom is -0.296 e. The van der Waals surface area contributed by atoms with Crippen LogP contribution in [-0.4, -0.2) is 27.6 Å². The summed E-state index contributed by atoms with van der Waals surface area (Å²) in [6.07, 6.45) is 1.45. The molecule has 2 aliphatic rings. The Morgan fingerprint density at radius 3 is 1.40 bits per heavy atom. The molecule has 2 aliphatic heterocycles. The molecule has 0 saturated carbocycles. The van der Waals surface area contributed by atoms with Gasteiger partial charge in [-0.15, -0.1) is 0 Å². The lowest BCUT2D eigenvalue weighted by molar-refractivity contribution is -0.131. The Labute approximate surface area is 94.3 Å². The molecule has 0 aromatic heterocycles. The van der Waals surface area contributed by atoms with Crippen LogP contribution in [0.3, 0.4) is 0 Å². The third-order valence-corrected chi connectivity index (χ3v) is 2.64.